The lowest BCUT2D eigenvalue weighted by Crippen LogP contribution is -2.41. The zero-order valence-electron chi connectivity index (χ0n) is 12.6. The fraction of sp³-hybridized carbons (Fsp3) is 0.400. The van der Waals surface area contributed by atoms with E-state index in [1.807, 2.05) is 26.0 Å². The van der Waals surface area contributed by atoms with Crippen molar-refractivity contribution in [1.82, 2.24) is 5.32 Å². The van der Waals surface area contributed by atoms with Crippen LogP contribution in [0.3, 0.4) is 0 Å². The number of carbonyl (C=O) groups excluding carboxylic acids is 1. The van der Waals surface area contributed by atoms with Crippen molar-refractivity contribution in [1.29, 1.82) is 0 Å². The summed E-state index contributed by atoms with van der Waals surface area (Å²) in [5, 5.41) is 3.02. The Morgan fingerprint density at radius 2 is 1.86 bits per heavy atom. The highest BCUT2D eigenvalue weighted by molar-refractivity contribution is 6.00. The summed E-state index contributed by atoms with van der Waals surface area (Å²) in [6, 6.07) is 3.83. The number of hydrogen-bond acceptors (Lipinski definition) is 3. The maximum atomic E-state index is 13.1. The van der Waals surface area contributed by atoms with Crippen molar-refractivity contribution in [2.24, 2.45) is 5.73 Å². The molecule has 0 radical (unpaired) electrons. The van der Waals surface area contributed by atoms with E-state index >= 15 is 0 Å². The molecule has 7 heteroatoms. The highest BCUT2D eigenvalue weighted by atomic mass is 35.5. The summed E-state index contributed by atoms with van der Waals surface area (Å²) in [5.41, 5.74) is 8.07. The zero-order valence-corrected chi connectivity index (χ0v) is 13.4. The van der Waals surface area contributed by atoms with Crippen molar-refractivity contribution in [2.75, 3.05) is 13.1 Å². The van der Waals surface area contributed by atoms with Crippen LogP contribution in [0.2, 0.25) is 0 Å². The van der Waals surface area contributed by atoms with Gasteiger partial charge < -0.3 is 15.5 Å². The van der Waals surface area contributed by atoms with Gasteiger partial charge in [0.1, 0.15) is 5.58 Å². The second-order valence-electron chi connectivity index (χ2n) is 5.20. The van der Waals surface area contributed by atoms with Crippen LogP contribution in [0.15, 0.2) is 16.5 Å². The first-order chi connectivity index (χ1) is 9.76. The average Bonchev–Trinajstić information content (AvgIpc) is 2.80. The highest BCUT2D eigenvalue weighted by Gasteiger charge is 2.29. The molecule has 0 aliphatic rings. The molecule has 0 spiro atoms. The predicted molar refractivity (Wildman–Crippen MR) is 84.0 cm³/mol. The van der Waals surface area contributed by atoms with Gasteiger partial charge in [-0.25, -0.2) is 8.78 Å². The lowest BCUT2D eigenvalue weighted by Gasteiger charge is -2.13. The molecule has 3 N–H and O–H groups in total. The summed E-state index contributed by atoms with van der Waals surface area (Å²) in [6.45, 7) is 3.90. The normalized spacial score (nSPS) is 11.4. The second-order valence-corrected chi connectivity index (χ2v) is 5.20. The molecule has 1 heterocycles. The van der Waals surface area contributed by atoms with Crippen molar-refractivity contribution < 1.29 is 18.0 Å². The molecule has 22 heavy (non-hydrogen) atoms. The van der Waals surface area contributed by atoms with Crippen LogP contribution in [0.25, 0.3) is 11.0 Å². The molecule has 122 valence electrons. The van der Waals surface area contributed by atoms with Gasteiger partial charge in [0.25, 0.3) is 11.8 Å². The number of furan rings is 1. The molecule has 1 amide bonds. The molecule has 0 atom stereocenters. The molecule has 2 rings (SSSR count). The Bertz CT molecular complexity index is 698. The summed E-state index contributed by atoms with van der Waals surface area (Å²) >= 11 is 0. The molecule has 0 saturated heterocycles. The quantitative estimate of drug-likeness (QED) is 0.904. The molecule has 0 aliphatic heterocycles. The highest BCUT2D eigenvalue weighted by Crippen LogP contribution is 2.30. The Morgan fingerprint density at radius 3 is 2.41 bits per heavy atom. The standard InChI is InChI=1S/C15H18F2N2O2.ClH/c1-8-4-5-9(2)12-11(8)10(3)13(21-12)14(20)19-7-15(16,17)6-18;/h4-5H,6-7,18H2,1-3H3,(H,19,20);1H. The van der Waals surface area contributed by atoms with Crippen LogP contribution in [-0.4, -0.2) is 24.9 Å². The Hall–Kier alpha value is -1.66. The Kier molecular flexibility index (Phi) is 5.54. The first-order valence-electron chi connectivity index (χ1n) is 6.62. The maximum Gasteiger partial charge on any atom is 0.287 e. The van der Waals surface area contributed by atoms with Crippen LogP contribution < -0.4 is 11.1 Å². The van der Waals surface area contributed by atoms with Gasteiger partial charge in [-0.05, 0) is 31.9 Å². The number of nitrogens with two attached hydrogens (primary N) is 1. The fourth-order valence-corrected chi connectivity index (χ4v) is 2.25. The van der Waals surface area contributed by atoms with Gasteiger partial charge in [-0.3, -0.25) is 4.79 Å². The van der Waals surface area contributed by atoms with Gasteiger partial charge in [-0.2, -0.15) is 0 Å². The van der Waals surface area contributed by atoms with E-state index in [2.05, 4.69) is 5.32 Å². The number of carbonyl (C=O) groups is 1. The number of fused-ring (bicyclic) bond motifs is 1. The van der Waals surface area contributed by atoms with Crippen LogP contribution in [0.5, 0.6) is 0 Å². The third kappa shape index (κ3) is 3.39. The first-order valence-corrected chi connectivity index (χ1v) is 6.62. The van der Waals surface area contributed by atoms with Gasteiger partial charge in [0.2, 0.25) is 0 Å². The minimum Gasteiger partial charge on any atom is -0.450 e. The van der Waals surface area contributed by atoms with E-state index in [4.69, 9.17) is 10.2 Å². The number of rotatable bonds is 4. The lowest BCUT2D eigenvalue weighted by atomic mass is 10.0. The van der Waals surface area contributed by atoms with E-state index < -0.39 is 24.9 Å². The monoisotopic (exact) mass is 332 g/mol. The van der Waals surface area contributed by atoms with Gasteiger partial charge in [0.05, 0.1) is 13.1 Å². The molecule has 1 aromatic carbocycles. The summed E-state index contributed by atoms with van der Waals surface area (Å²) in [4.78, 5) is 12.0. The minimum absolute atomic E-state index is 0. The molecule has 0 bridgehead atoms. The Morgan fingerprint density at radius 1 is 1.27 bits per heavy atom. The van der Waals surface area contributed by atoms with Crippen molar-refractivity contribution in [2.45, 2.75) is 26.7 Å². The average molecular weight is 333 g/mol. The van der Waals surface area contributed by atoms with Crippen molar-refractivity contribution in [3.05, 3.63) is 34.6 Å². The topological polar surface area (TPSA) is 68.3 Å². The van der Waals surface area contributed by atoms with E-state index in [1.165, 1.54) is 0 Å². The number of halogens is 3. The number of benzene rings is 1. The molecular formula is C15H19ClF2N2O2. The second kappa shape index (κ2) is 6.62. The smallest absolute Gasteiger partial charge is 0.287 e. The van der Waals surface area contributed by atoms with E-state index in [-0.39, 0.29) is 18.2 Å². The van der Waals surface area contributed by atoms with Gasteiger partial charge in [-0.15, -0.1) is 12.4 Å². The Labute approximate surface area is 133 Å². The zero-order chi connectivity index (χ0) is 15.8. The molecular weight excluding hydrogens is 314 g/mol. The summed E-state index contributed by atoms with van der Waals surface area (Å²) < 4.78 is 31.8. The summed E-state index contributed by atoms with van der Waals surface area (Å²) in [5.74, 6) is -3.72. The number of hydrogen-bond donors (Lipinski definition) is 2. The van der Waals surface area contributed by atoms with Gasteiger partial charge >= 0.3 is 0 Å². The maximum absolute atomic E-state index is 13.1. The van der Waals surface area contributed by atoms with Crippen LogP contribution in [-0.2, 0) is 0 Å². The van der Waals surface area contributed by atoms with Crippen molar-refractivity contribution in [3.63, 3.8) is 0 Å². The van der Waals surface area contributed by atoms with Crippen LogP contribution in [0.4, 0.5) is 8.78 Å². The van der Waals surface area contributed by atoms with Gasteiger partial charge in [0, 0.05) is 10.9 Å². The SMILES string of the molecule is Cc1ccc(C)c2c(C)c(C(=O)NCC(F)(F)CN)oc12.Cl. The first kappa shape index (κ1) is 18.4. The Balaban J connectivity index is 0.00000242. The fourth-order valence-electron chi connectivity index (χ4n) is 2.25. The predicted octanol–water partition coefficient (Wildman–Crippen LogP) is 3.10. The number of alkyl halides is 2. The van der Waals surface area contributed by atoms with E-state index in [9.17, 15) is 13.6 Å². The summed E-state index contributed by atoms with van der Waals surface area (Å²) in [6.07, 6.45) is 0. The van der Waals surface area contributed by atoms with E-state index in [0.29, 0.717) is 11.1 Å². The molecule has 0 saturated carbocycles. The largest absolute Gasteiger partial charge is 0.450 e. The van der Waals surface area contributed by atoms with Crippen LogP contribution in [0, 0.1) is 20.8 Å². The number of nitrogens with one attached hydrogen (secondary N) is 1. The molecule has 1 aromatic heterocycles. The van der Waals surface area contributed by atoms with E-state index in [1.54, 1.807) is 6.92 Å². The minimum atomic E-state index is -3.12. The van der Waals surface area contributed by atoms with Crippen LogP contribution >= 0.6 is 12.4 Å². The number of amides is 1. The molecule has 4 nitrogen and oxygen atoms in total. The van der Waals surface area contributed by atoms with Crippen LogP contribution in [0.1, 0.15) is 27.2 Å². The molecule has 0 unspecified atom stereocenters. The third-order valence-electron chi connectivity index (χ3n) is 3.50. The number of aryl methyl sites for hydroxylation is 3. The van der Waals surface area contributed by atoms with Gasteiger partial charge in [0.15, 0.2) is 5.76 Å². The van der Waals surface area contributed by atoms with Gasteiger partial charge in [-0.1, -0.05) is 12.1 Å². The third-order valence-corrected chi connectivity index (χ3v) is 3.50. The lowest BCUT2D eigenvalue weighted by molar-refractivity contribution is 0.0116. The van der Waals surface area contributed by atoms with E-state index in [0.717, 1.165) is 16.5 Å². The summed E-state index contributed by atoms with van der Waals surface area (Å²) in [7, 11) is 0. The van der Waals surface area contributed by atoms with Crippen molar-refractivity contribution >= 4 is 29.3 Å². The van der Waals surface area contributed by atoms with Crippen molar-refractivity contribution in [3.8, 4) is 0 Å². The molecule has 0 aliphatic carbocycles. The molecule has 2 aromatic rings. The molecule has 0 fully saturated rings.